The maximum atomic E-state index is 11.2. The van der Waals surface area contributed by atoms with Gasteiger partial charge in [-0.05, 0) is 37.0 Å². The van der Waals surface area contributed by atoms with Crippen molar-refractivity contribution in [1.82, 2.24) is 9.97 Å². The summed E-state index contributed by atoms with van der Waals surface area (Å²) < 4.78 is 0. The van der Waals surface area contributed by atoms with E-state index in [0.717, 1.165) is 22.6 Å². The van der Waals surface area contributed by atoms with Crippen LogP contribution in [-0.2, 0) is 0 Å². The lowest BCUT2D eigenvalue weighted by Gasteiger charge is -2.28. The van der Waals surface area contributed by atoms with Gasteiger partial charge in [0.25, 0.3) is 0 Å². The molecule has 2 atom stereocenters. The SMILES string of the molecule is CC1CCCC(Nc2ccc3[nH]c(=O)[nH]c3c2)C1. The molecule has 1 aliphatic carbocycles. The third kappa shape index (κ3) is 2.28. The van der Waals surface area contributed by atoms with E-state index < -0.39 is 0 Å². The molecule has 2 aromatic rings. The minimum Gasteiger partial charge on any atom is -0.382 e. The van der Waals surface area contributed by atoms with Crippen LogP contribution in [0.5, 0.6) is 0 Å². The predicted octanol–water partition coefficient (Wildman–Crippen LogP) is 2.85. The Morgan fingerprint density at radius 3 is 2.89 bits per heavy atom. The van der Waals surface area contributed by atoms with Gasteiger partial charge in [-0.1, -0.05) is 19.8 Å². The van der Waals surface area contributed by atoms with Gasteiger partial charge in [-0.25, -0.2) is 4.79 Å². The highest BCUT2D eigenvalue weighted by Gasteiger charge is 2.18. The van der Waals surface area contributed by atoms with Gasteiger partial charge in [-0.2, -0.15) is 0 Å². The summed E-state index contributed by atoms with van der Waals surface area (Å²) in [5, 5.41) is 3.58. The normalized spacial score (nSPS) is 24.3. The van der Waals surface area contributed by atoms with E-state index in [1.54, 1.807) is 0 Å². The number of anilines is 1. The predicted molar refractivity (Wildman–Crippen MR) is 74.0 cm³/mol. The van der Waals surface area contributed by atoms with Crippen molar-refractivity contribution in [3.63, 3.8) is 0 Å². The Morgan fingerprint density at radius 2 is 2.06 bits per heavy atom. The molecule has 1 aromatic heterocycles. The molecular weight excluding hydrogens is 226 g/mol. The van der Waals surface area contributed by atoms with Crippen molar-refractivity contribution in [3.05, 3.63) is 28.7 Å². The van der Waals surface area contributed by atoms with Crippen LogP contribution in [0.4, 0.5) is 5.69 Å². The summed E-state index contributed by atoms with van der Waals surface area (Å²) in [5.74, 6) is 0.812. The van der Waals surface area contributed by atoms with E-state index in [-0.39, 0.29) is 5.69 Å². The quantitative estimate of drug-likeness (QED) is 0.762. The van der Waals surface area contributed by atoms with Crippen LogP contribution in [0, 0.1) is 5.92 Å². The molecule has 1 aromatic carbocycles. The third-order valence-electron chi connectivity index (χ3n) is 3.82. The van der Waals surface area contributed by atoms with Crippen LogP contribution in [-0.4, -0.2) is 16.0 Å². The summed E-state index contributed by atoms with van der Waals surface area (Å²) in [4.78, 5) is 16.8. The summed E-state index contributed by atoms with van der Waals surface area (Å²) >= 11 is 0. The number of imidazole rings is 1. The molecule has 0 saturated heterocycles. The van der Waals surface area contributed by atoms with Gasteiger partial charge in [0.1, 0.15) is 0 Å². The number of hydrogen-bond donors (Lipinski definition) is 3. The lowest BCUT2D eigenvalue weighted by molar-refractivity contribution is 0.358. The largest absolute Gasteiger partial charge is 0.382 e. The van der Waals surface area contributed by atoms with E-state index in [0.29, 0.717) is 6.04 Å². The van der Waals surface area contributed by atoms with E-state index in [1.807, 2.05) is 18.2 Å². The highest BCUT2D eigenvalue weighted by molar-refractivity contribution is 5.78. The second-order valence-electron chi connectivity index (χ2n) is 5.45. The average molecular weight is 245 g/mol. The van der Waals surface area contributed by atoms with Crippen molar-refractivity contribution in [1.29, 1.82) is 0 Å². The fraction of sp³-hybridized carbons (Fsp3) is 0.500. The molecule has 3 rings (SSSR count). The first-order chi connectivity index (χ1) is 8.70. The number of aromatic nitrogens is 2. The summed E-state index contributed by atoms with van der Waals surface area (Å²) in [6.45, 7) is 2.32. The van der Waals surface area contributed by atoms with Crippen LogP contribution in [0.3, 0.4) is 0 Å². The first kappa shape index (κ1) is 11.4. The zero-order valence-electron chi connectivity index (χ0n) is 10.6. The molecule has 3 N–H and O–H groups in total. The Hall–Kier alpha value is -1.71. The monoisotopic (exact) mass is 245 g/mol. The summed E-state index contributed by atoms with van der Waals surface area (Å²) in [5.41, 5.74) is 2.68. The van der Waals surface area contributed by atoms with Crippen LogP contribution < -0.4 is 11.0 Å². The first-order valence-electron chi connectivity index (χ1n) is 6.69. The number of aromatic amines is 2. The van der Waals surface area contributed by atoms with E-state index >= 15 is 0 Å². The smallest absolute Gasteiger partial charge is 0.323 e. The molecule has 18 heavy (non-hydrogen) atoms. The van der Waals surface area contributed by atoms with Gasteiger partial charge < -0.3 is 15.3 Å². The Kier molecular flexibility index (Phi) is 2.86. The van der Waals surface area contributed by atoms with Crippen LogP contribution >= 0.6 is 0 Å². The van der Waals surface area contributed by atoms with Gasteiger partial charge in [0.2, 0.25) is 0 Å². The molecule has 0 spiro atoms. The number of hydrogen-bond acceptors (Lipinski definition) is 2. The van der Waals surface area contributed by atoms with Gasteiger partial charge in [0.05, 0.1) is 11.0 Å². The van der Waals surface area contributed by atoms with Crippen molar-refractivity contribution in [2.24, 2.45) is 5.92 Å². The highest BCUT2D eigenvalue weighted by Crippen LogP contribution is 2.26. The summed E-state index contributed by atoms with van der Waals surface area (Å²) in [6, 6.07) is 6.55. The molecule has 1 heterocycles. The third-order valence-corrected chi connectivity index (χ3v) is 3.82. The summed E-state index contributed by atoms with van der Waals surface area (Å²) in [6.07, 6.45) is 5.14. The maximum Gasteiger partial charge on any atom is 0.323 e. The van der Waals surface area contributed by atoms with Gasteiger partial charge in [0, 0.05) is 11.7 Å². The Labute approximate surface area is 106 Å². The zero-order valence-corrected chi connectivity index (χ0v) is 10.6. The van der Waals surface area contributed by atoms with E-state index in [2.05, 4.69) is 22.2 Å². The molecule has 0 amide bonds. The Balaban J connectivity index is 1.79. The second-order valence-corrected chi connectivity index (χ2v) is 5.45. The van der Waals surface area contributed by atoms with Crippen LogP contribution in [0.15, 0.2) is 23.0 Å². The van der Waals surface area contributed by atoms with Crippen molar-refractivity contribution in [3.8, 4) is 0 Å². The fourth-order valence-electron chi connectivity index (χ4n) is 2.92. The molecule has 0 radical (unpaired) electrons. The molecule has 1 fully saturated rings. The minimum absolute atomic E-state index is 0.145. The van der Waals surface area contributed by atoms with Gasteiger partial charge in [-0.3, -0.25) is 0 Å². The molecule has 4 nitrogen and oxygen atoms in total. The van der Waals surface area contributed by atoms with E-state index in [1.165, 1.54) is 25.7 Å². The van der Waals surface area contributed by atoms with Crippen LogP contribution in [0.1, 0.15) is 32.6 Å². The lowest BCUT2D eigenvalue weighted by Crippen LogP contribution is -2.26. The van der Waals surface area contributed by atoms with Crippen molar-refractivity contribution in [2.75, 3.05) is 5.32 Å². The first-order valence-corrected chi connectivity index (χ1v) is 6.69. The molecule has 0 bridgehead atoms. The molecule has 1 saturated carbocycles. The van der Waals surface area contributed by atoms with Crippen LogP contribution in [0.25, 0.3) is 11.0 Å². The number of rotatable bonds is 2. The minimum atomic E-state index is -0.145. The highest BCUT2D eigenvalue weighted by atomic mass is 16.1. The molecule has 4 heteroatoms. The average Bonchev–Trinajstić information content (AvgIpc) is 2.68. The van der Waals surface area contributed by atoms with Crippen LogP contribution in [0.2, 0.25) is 0 Å². The van der Waals surface area contributed by atoms with Gasteiger partial charge in [-0.15, -0.1) is 0 Å². The molecular formula is C14H19N3O. The number of H-pyrrole nitrogens is 2. The van der Waals surface area contributed by atoms with Crippen molar-refractivity contribution in [2.45, 2.75) is 38.6 Å². The number of nitrogens with one attached hydrogen (secondary N) is 3. The molecule has 96 valence electrons. The molecule has 2 unspecified atom stereocenters. The van der Waals surface area contributed by atoms with E-state index in [9.17, 15) is 4.79 Å². The fourth-order valence-corrected chi connectivity index (χ4v) is 2.92. The van der Waals surface area contributed by atoms with Gasteiger partial charge in [0.15, 0.2) is 0 Å². The topological polar surface area (TPSA) is 60.7 Å². The number of fused-ring (bicyclic) bond motifs is 1. The van der Waals surface area contributed by atoms with E-state index in [4.69, 9.17) is 0 Å². The Bertz CT molecular complexity index is 598. The number of benzene rings is 1. The second kappa shape index (κ2) is 4.52. The lowest BCUT2D eigenvalue weighted by atomic mass is 9.87. The molecule has 0 aliphatic heterocycles. The van der Waals surface area contributed by atoms with Crippen molar-refractivity contribution >= 4 is 16.7 Å². The van der Waals surface area contributed by atoms with Gasteiger partial charge >= 0.3 is 5.69 Å². The Morgan fingerprint density at radius 1 is 1.22 bits per heavy atom. The maximum absolute atomic E-state index is 11.2. The standard InChI is InChI=1S/C14H19N3O/c1-9-3-2-4-10(7-9)15-11-5-6-12-13(8-11)17-14(18)16-12/h5-6,8-10,15H,2-4,7H2,1H3,(H2,16,17,18). The molecule has 1 aliphatic rings. The zero-order chi connectivity index (χ0) is 12.5. The van der Waals surface area contributed by atoms with Crippen molar-refractivity contribution < 1.29 is 0 Å². The summed E-state index contributed by atoms with van der Waals surface area (Å²) in [7, 11) is 0.